The van der Waals surface area contributed by atoms with Crippen molar-refractivity contribution in [2.75, 3.05) is 18.1 Å². The van der Waals surface area contributed by atoms with Crippen LogP contribution in [0.2, 0.25) is 5.02 Å². The van der Waals surface area contributed by atoms with Crippen LogP contribution in [0.3, 0.4) is 0 Å². The van der Waals surface area contributed by atoms with Gasteiger partial charge in [0.05, 0.1) is 32.2 Å². The molecule has 2 aromatic rings. The van der Waals surface area contributed by atoms with E-state index in [0.717, 1.165) is 0 Å². The standard InChI is InChI=1S/C14H14ClNO2S/c15-11-5-1-4-8-14(11)19(17)10-9-18-13-7-3-2-6-12(13)16/h1-8H,9-10,16H2. The fourth-order valence-corrected chi connectivity index (χ4v) is 2.94. The zero-order valence-corrected chi connectivity index (χ0v) is 11.8. The van der Waals surface area contributed by atoms with E-state index in [-0.39, 0.29) is 0 Å². The second-order valence-electron chi connectivity index (χ2n) is 3.87. The van der Waals surface area contributed by atoms with E-state index in [4.69, 9.17) is 22.1 Å². The van der Waals surface area contributed by atoms with Gasteiger partial charge in [-0.05, 0) is 24.3 Å². The Labute approximate surface area is 119 Å². The lowest BCUT2D eigenvalue weighted by atomic mass is 10.3. The molecule has 3 nitrogen and oxygen atoms in total. The van der Waals surface area contributed by atoms with Crippen LogP contribution >= 0.6 is 11.6 Å². The summed E-state index contributed by atoms with van der Waals surface area (Å²) in [7, 11) is -1.17. The van der Waals surface area contributed by atoms with Gasteiger partial charge >= 0.3 is 0 Å². The van der Waals surface area contributed by atoms with Gasteiger partial charge in [0, 0.05) is 0 Å². The largest absolute Gasteiger partial charge is 0.490 e. The van der Waals surface area contributed by atoms with Crippen LogP contribution in [0, 0.1) is 0 Å². The lowest BCUT2D eigenvalue weighted by Crippen LogP contribution is -2.09. The van der Waals surface area contributed by atoms with Crippen LogP contribution in [0.5, 0.6) is 5.75 Å². The van der Waals surface area contributed by atoms with Crippen molar-refractivity contribution in [1.82, 2.24) is 0 Å². The average molecular weight is 296 g/mol. The number of rotatable bonds is 5. The fraction of sp³-hybridized carbons (Fsp3) is 0.143. The van der Waals surface area contributed by atoms with Gasteiger partial charge in [0.25, 0.3) is 0 Å². The zero-order valence-electron chi connectivity index (χ0n) is 10.2. The van der Waals surface area contributed by atoms with Gasteiger partial charge in [0.15, 0.2) is 0 Å². The summed E-state index contributed by atoms with van der Waals surface area (Å²) >= 11 is 5.99. The molecule has 19 heavy (non-hydrogen) atoms. The summed E-state index contributed by atoms with van der Waals surface area (Å²) in [6.07, 6.45) is 0. The Morgan fingerprint density at radius 2 is 1.79 bits per heavy atom. The van der Waals surface area contributed by atoms with Crippen LogP contribution in [0.1, 0.15) is 0 Å². The molecule has 0 amide bonds. The number of hydrogen-bond acceptors (Lipinski definition) is 3. The minimum absolute atomic E-state index is 0.325. The molecule has 2 rings (SSSR count). The third-order valence-corrected chi connectivity index (χ3v) is 4.35. The molecule has 0 aliphatic heterocycles. The van der Waals surface area contributed by atoms with Gasteiger partial charge in [-0.2, -0.15) is 0 Å². The van der Waals surface area contributed by atoms with Gasteiger partial charge in [-0.25, -0.2) is 0 Å². The first-order valence-electron chi connectivity index (χ1n) is 5.78. The third kappa shape index (κ3) is 3.72. The molecule has 2 aromatic carbocycles. The molecule has 0 saturated heterocycles. The van der Waals surface area contributed by atoms with Crippen molar-refractivity contribution in [2.24, 2.45) is 0 Å². The van der Waals surface area contributed by atoms with Crippen LogP contribution in [0.4, 0.5) is 5.69 Å². The predicted molar refractivity (Wildman–Crippen MR) is 79.1 cm³/mol. The van der Waals surface area contributed by atoms with Gasteiger partial charge < -0.3 is 10.5 Å². The topological polar surface area (TPSA) is 52.3 Å². The Morgan fingerprint density at radius 3 is 2.53 bits per heavy atom. The molecule has 0 aliphatic carbocycles. The van der Waals surface area contributed by atoms with E-state index in [2.05, 4.69) is 0 Å². The van der Waals surface area contributed by atoms with Crippen LogP contribution < -0.4 is 10.5 Å². The first kappa shape index (κ1) is 13.9. The van der Waals surface area contributed by atoms with Gasteiger partial charge in [0.1, 0.15) is 12.4 Å². The molecule has 100 valence electrons. The Balaban J connectivity index is 1.92. The molecule has 0 radical (unpaired) electrons. The highest BCUT2D eigenvalue weighted by molar-refractivity contribution is 7.85. The summed E-state index contributed by atoms with van der Waals surface area (Å²) in [5, 5.41) is 0.514. The number of nitrogens with two attached hydrogens (primary N) is 1. The van der Waals surface area contributed by atoms with Crippen LogP contribution in [-0.2, 0) is 10.8 Å². The van der Waals surface area contributed by atoms with E-state index < -0.39 is 10.8 Å². The van der Waals surface area contributed by atoms with Crippen molar-refractivity contribution in [3.05, 3.63) is 53.6 Å². The van der Waals surface area contributed by atoms with E-state index in [1.807, 2.05) is 24.3 Å². The van der Waals surface area contributed by atoms with Crippen LogP contribution in [0.15, 0.2) is 53.4 Å². The molecular weight excluding hydrogens is 282 g/mol. The Morgan fingerprint density at radius 1 is 1.11 bits per heavy atom. The Kier molecular flexibility index (Phi) is 4.82. The normalized spacial score (nSPS) is 12.1. The Hall–Kier alpha value is -1.52. The van der Waals surface area contributed by atoms with Crippen molar-refractivity contribution < 1.29 is 8.95 Å². The quantitative estimate of drug-likeness (QED) is 0.862. The molecule has 1 unspecified atom stereocenters. The third-order valence-electron chi connectivity index (χ3n) is 2.53. The number of nitrogen functional groups attached to an aromatic ring is 1. The summed E-state index contributed by atoms with van der Waals surface area (Å²) in [6, 6.07) is 14.3. The highest BCUT2D eigenvalue weighted by atomic mass is 35.5. The SMILES string of the molecule is Nc1ccccc1OCCS(=O)c1ccccc1Cl. The molecule has 0 aromatic heterocycles. The first-order chi connectivity index (χ1) is 9.18. The van der Waals surface area contributed by atoms with E-state index >= 15 is 0 Å². The number of ether oxygens (including phenoxy) is 1. The van der Waals surface area contributed by atoms with E-state index in [9.17, 15) is 4.21 Å². The molecule has 0 bridgehead atoms. The summed E-state index contributed by atoms with van der Waals surface area (Å²) in [5.74, 6) is 0.983. The molecule has 0 saturated carbocycles. The molecule has 5 heteroatoms. The molecule has 0 aliphatic rings. The van der Waals surface area contributed by atoms with E-state index in [1.54, 1.807) is 24.3 Å². The summed E-state index contributed by atoms with van der Waals surface area (Å²) in [4.78, 5) is 0.633. The molecule has 2 N–H and O–H groups in total. The van der Waals surface area contributed by atoms with Crippen molar-refractivity contribution in [3.8, 4) is 5.75 Å². The number of benzene rings is 2. The highest BCUT2D eigenvalue weighted by Gasteiger charge is 2.08. The van der Waals surface area contributed by atoms with Crippen molar-refractivity contribution in [3.63, 3.8) is 0 Å². The summed E-state index contributed by atoms with van der Waals surface area (Å²) < 4.78 is 17.6. The lowest BCUT2D eigenvalue weighted by Gasteiger charge is -2.09. The second-order valence-corrected chi connectivity index (χ2v) is 5.81. The first-order valence-corrected chi connectivity index (χ1v) is 7.48. The number of anilines is 1. The van der Waals surface area contributed by atoms with Gasteiger partial charge in [-0.3, -0.25) is 4.21 Å². The summed E-state index contributed by atoms with van der Waals surface area (Å²) in [5.41, 5.74) is 6.33. The summed E-state index contributed by atoms with van der Waals surface area (Å²) in [6.45, 7) is 0.325. The average Bonchev–Trinajstić information content (AvgIpc) is 2.41. The lowest BCUT2D eigenvalue weighted by molar-refractivity contribution is 0.344. The number of para-hydroxylation sites is 2. The van der Waals surface area contributed by atoms with Crippen molar-refractivity contribution in [2.45, 2.75) is 4.90 Å². The maximum atomic E-state index is 12.1. The van der Waals surface area contributed by atoms with E-state index in [0.29, 0.717) is 33.7 Å². The Bertz CT molecular complexity index is 589. The molecule has 0 heterocycles. The van der Waals surface area contributed by atoms with E-state index in [1.165, 1.54) is 0 Å². The maximum Gasteiger partial charge on any atom is 0.142 e. The molecular formula is C14H14ClNO2S. The van der Waals surface area contributed by atoms with Crippen molar-refractivity contribution >= 4 is 28.1 Å². The minimum Gasteiger partial charge on any atom is -0.490 e. The van der Waals surface area contributed by atoms with Gasteiger partial charge in [0.2, 0.25) is 0 Å². The molecule has 0 fully saturated rings. The highest BCUT2D eigenvalue weighted by Crippen LogP contribution is 2.21. The van der Waals surface area contributed by atoms with Gasteiger partial charge in [-0.15, -0.1) is 0 Å². The molecule has 0 spiro atoms. The smallest absolute Gasteiger partial charge is 0.142 e. The number of hydrogen-bond donors (Lipinski definition) is 1. The number of halogens is 1. The monoisotopic (exact) mass is 295 g/mol. The fourth-order valence-electron chi connectivity index (χ4n) is 1.58. The van der Waals surface area contributed by atoms with Gasteiger partial charge in [-0.1, -0.05) is 35.9 Å². The second kappa shape index (κ2) is 6.59. The maximum absolute atomic E-state index is 12.1. The van der Waals surface area contributed by atoms with Crippen molar-refractivity contribution in [1.29, 1.82) is 0 Å². The minimum atomic E-state index is -1.17. The zero-order chi connectivity index (χ0) is 13.7. The van der Waals surface area contributed by atoms with Crippen LogP contribution in [0.25, 0.3) is 0 Å². The van der Waals surface area contributed by atoms with Crippen LogP contribution in [-0.4, -0.2) is 16.6 Å². The molecule has 1 atom stereocenters. The predicted octanol–water partition coefficient (Wildman–Crippen LogP) is 3.11.